The predicted octanol–water partition coefficient (Wildman–Crippen LogP) is 2.93. The Bertz CT molecular complexity index is 844. The summed E-state index contributed by atoms with van der Waals surface area (Å²) in [4.78, 5) is 33.6. The lowest BCUT2D eigenvalue weighted by Gasteiger charge is -2.17. The molecule has 124 valence electrons. The van der Waals surface area contributed by atoms with Crippen LogP contribution in [-0.2, 0) is 0 Å². The molecule has 1 atom stereocenters. The highest BCUT2D eigenvalue weighted by molar-refractivity contribution is 6.31. The van der Waals surface area contributed by atoms with Crippen LogP contribution in [0.1, 0.15) is 52.8 Å². The molecular weight excluding hydrogens is 326 g/mol. The summed E-state index contributed by atoms with van der Waals surface area (Å²) in [6, 6.07) is 7.72. The number of hydrogen-bond donors (Lipinski definition) is 1. The number of rotatable bonds is 3. The molecule has 0 bridgehead atoms. The number of halogens is 1. The molecule has 1 aliphatic carbocycles. The van der Waals surface area contributed by atoms with Crippen LogP contribution in [0, 0.1) is 0 Å². The third-order valence-electron chi connectivity index (χ3n) is 4.83. The van der Waals surface area contributed by atoms with Crippen molar-refractivity contribution in [3.63, 3.8) is 0 Å². The van der Waals surface area contributed by atoms with Gasteiger partial charge in [-0.05, 0) is 30.9 Å². The van der Waals surface area contributed by atoms with E-state index in [0.717, 1.165) is 29.8 Å². The van der Waals surface area contributed by atoms with E-state index in [1.807, 2.05) is 24.3 Å². The average molecular weight is 344 g/mol. The first-order chi connectivity index (χ1) is 11.6. The smallest absolute Gasteiger partial charge is 0.263 e. The molecular formula is C18H18ClN3O2. The lowest BCUT2D eigenvalue weighted by atomic mass is 9.98. The number of nitrogens with one attached hydrogen (secondary N) is 1. The SMILES string of the molecule is O=C(c1cnc(C2CC2)[nH]c1=O)N1CC[C@@H](c2ccccc2Cl)C1. The van der Waals surface area contributed by atoms with Crippen LogP contribution in [0.15, 0.2) is 35.3 Å². The Morgan fingerprint density at radius 1 is 1.21 bits per heavy atom. The fourth-order valence-corrected chi connectivity index (χ4v) is 3.59. The summed E-state index contributed by atoms with van der Waals surface area (Å²) in [6.07, 6.45) is 4.39. The maximum Gasteiger partial charge on any atom is 0.263 e. The quantitative estimate of drug-likeness (QED) is 0.931. The van der Waals surface area contributed by atoms with Gasteiger partial charge in [0.2, 0.25) is 0 Å². The van der Waals surface area contributed by atoms with Gasteiger partial charge in [-0.15, -0.1) is 0 Å². The van der Waals surface area contributed by atoms with Gasteiger partial charge in [0, 0.05) is 36.1 Å². The first-order valence-electron chi connectivity index (χ1n) is 8.26. The number of benzene rings is 1. The summed E-state index contributed by atoms with van der Waals surface area (Å²) < 4.78 is 0. The summed E-state index contributed by atoms with van der Waals surface area (Å²) in [5, 5.41) is 0.727. The summed E-state index contributed by atoms with van der Waals surface area (Å²) in [5.74, 6) is 1.02. The molecule has 1 amide bonds. The van der Waals surface area contributed by atoms with E-state index in [2.05, 4.69) is 9.97 Å². The summed E-state index contributed by atoms with van der Waals surface area (Å²) in [5.41, 5.74) is 0.850. The van der Waals surface area contributed by atoms with Crippen molar-refractivity contribution in [2.45, 2.75) is 31.1 Å². The Labute approximate surface area is 144 Å². The molecule has 1 aromatic heterocycles. The molecule has 5 nitrogen and oxygen atoms in total. The molecule has 0 unspecified atom stereocenters. The van der Waals surface area contributed by atoms with Crippen LogP contribution >= 0.6 is 11.6 Å². The largest absolute Gasteiger partial charge is 0.338 e. The Morgan fingerprint density at radius 2 is 2.00 bits per heavy atom. The molecule has 0 spiro atoms. The minimum atomic E-state index is -0.335. The molecule has 1 aromatic carbocycles. The van der Waals surface area contributed by atoms with Crippen LogP contribution in [0.5, 0.6) is 0 Å². The fourth-order valence-electron chi connectivity index (χ4n) is 3.30. The lowest BCUT2D eigenvalue weighted by Crippen LogP contribution is -2.33. The lowest BCUT2D eigenvalue weighted by molar-refractivity contribution is 0.0788. The van der Waals surface area contributed by atoms with E-state index in [-0.39, 0.29) is 22.9 Å². The number of hydrogen-bond acceptors (Lipinski definition) is 3. The van der Waals surface area contributed by atoms with E-state index in [1.165, 1.54) is 6.20 Å². The van der Waals surface area contributed by atoms with Crippen LogP contribution in [0.25, 0.3) is 0 Å². The minimum absolute atomic E-state index is 0.124. The van der Waals surface area contributed by atoms with Gasteiger partial charge in [-0.25, -0.2) is 4.98 Å². The Balaban J connectivity index is 1.52. The van der Waals surface area contributed by atoms with Crippen LogP contribution in [0.3, 0.4) is 0 Å². The average Bonchev–Trinajstić information content (AvgIpc) is 3.32. The molecule has 1 saturated heterocycles. The molecule has 1 N–H and O–H groups in total. The molecule has 2 aliphatic rings. The Morgan fingerprint density at radius 3 is 2.71 bits per heavy atom. The standard InChI is InChI=1S/C18H18ClN3O2/c19-15-4-2-1-3-13(15)12-7-8-22(10-12)18(24)14-9-20-16(11-5-6-11)21-17(14)23/h1-4,9,11-12H,5-8,10H2,(H,20,21,23)/t12-/m1/s1. The molecule has 2 fully saturated rings. The number of aromatic nitrogens is 2. The fraction of sp³-hybridized carbons (Fsp3) is 0.389. The number of H-pyrrole nitrogens is 1. The van der Waals surface area contributed by atoms with E-state index in [0.29, 0.717) is 24.8 Å². The molecule has 2 aromatic rings. The monoisotopic (exact) mass is 343 g/mol. The zero-order chi connectivity index (χ0) is 16.7. The summed E-state index contributed by atoms with van der Waals surface area (Å²) >= 11 is 6.26. The van der Waals surface area contributed by atoms with Crippen molar-refractivity contribution in [1.82, 2.24) is 14.9 Å². The third kappa shape index (κ3) is 2.84. The molecule has 2 heterocycles. The maximum absolute atomic E-state index is 12.7. The Kier molecular flexibility index (Phi) is 3.88. The van der Waals surface area contributed by atoms with Crippen molar-refractivity contribution in [2.24, 2.45) is 0 Å². The van der Waals surface area contributed by atoms with Crippen LogP contribution in [0.4, 0.5) is 0 Å². The van der Waals surface area contributed by atoms with Crippen molar-refractivity contribution < 1.29 is 4.79 Å². The molecule has 1 saturated carbocycles. The number of carbonyl (C=O) groups excluding carboxylic acids is 1. The number of nitrogens with zero attached hydrogens (tertiary/aromatic N) is 2. The number of amides is 1. The van der Waals surface area contributed by atoms with Gasteiger partial charge in [0.25, 0.3) is 11.5 Å². The number of likely N-dealkylation sites (tertiary alicyclic amines) is 1. The molecule has 6 heteroatoms. The van der Waals surface area contributed by atoms with Crippen LogP contribution in [-0.4, -0.2) is 33.9 Å². The predicted molar refractivity (Wildman–Crippen MR) is 91.5 cm³/mol. The van der Waals surface area contributed by atoms with Crippen molar-refractivity contribution in [3.05, 3.63) is 62.8 Å². The van der Waals surface area contributed by atoms with E-state index in [1.54, 1.807) is 4.90 Å². The van der Waals surface area contributed by atoms with Gasteiger partial charge in [-0.2, -0.15) is 0 Å². The summed E-state index contributed by atoms with van der Waals surface area (Å²) in [6.45, 7) is 1.20. The van der Waals surface area contributed by atoms with E-state index >= 15 is 0 Å². The first kappa shape index (κ1) is 15.4. The second-order valence-electron chi connectivity index (χ2n) is 6.54. The van der Waals surface area contributed by atoms with Gasteiger partial charge in [0.15, 0.2) is 0 Å². The van der Waals surface area contributed by atoms with Crippen LogP contribution < -0.4 is 5.56 Å². The first-order valence-corrected chi connectivity index (χ1v) is 8.64. The third-order valence-corrected chi connectivity index (χ3v) is 5.18. The van der Waals surface area contributed by atoms with E-state index < -0.39 is 0 Å². The van der Waals surface area contributed by atoms with Crippen molar-refractivity contribution in [3.8, 4) is 0 Å². The van der Waals surface area contributed by atoms with Crippen molar-refractivity contribution in [1.29, 1.82) is 0 Å². The maximum atomic E-state index is 12.7. The van der Waals surface area contributed by atoms with Crippen molar-refractivity contribution in [2.75, 3.05) is 13.1 Å². The second-order valence-corrected chi connectivity index (χ2v) is 6.95. The topological polar surface area (TPSA) is 66.1 Å². The highest BCUT2D eigenvalue weighted by Gasteiger charge is 2.31. The normalized spacial score (nSPS) is 20.4. The van der Waals surface area contributed by atoms with Gasteiger partial charge in [0.1, 0.15) is 11.4 Å². The number of carbonyl (C=O) groups is 1. The molecule has 24 heavy (non-hydrogen) atoms. The Hall–Kier alpha value is -2.14. The molecule has 1 aliphatic heterocycles. The minimum Gasteiger partial charge on any atom is -0.338 e. The highest BCUT2D eigenvalue weighted by Crippen LogP contribution is 2.37. The number of aromatic amines is 1. The molecule has 4 rings (SSSR count). The van der Waals surface area contributed by atoms with Gasteiger partial charge in [-0.3, -0.25) is 9.59 Å². The zero-order valence-corrected chi connectivity index (χ0v) is 13.9. The second kappa shape index (κ2) is 6.06. The molecule has 0 radical (unpaired) electrons. The summed E-state index contributed by atoms with van der Waals surface area (Å²) in [7, 11) is 0. The van der Waals surface area contributed by atoms with E-state index in [9.17, 15) is 9.59 Å². The van der Waals surface area contributed by atoms with Gasteiger partial charge in [0.05, 0.1) is 0 Å². The van der Waals surface area contributed by atoms with Gasteiger partial charge >= 0.3 is 0 Å². The van der Waals surface area contributed by atoms with Gasteiger partial charge < -0.3 is 9.88 Å². The van der Waals surface area contributed by atoms with Crippen molar-refractivity contribution >= 4 is 17.5 Å². The van der Waals surface area contributed by atoms with Gasteiger partial charge in [-0.1, -0.05) is 29.8 Å². The zero-order valence-electron chi connectivity index (χ0n) is 13.2. The highest BCUT2D eigenvalue weighted by atomic mass is 35.5. The van der Waals surface area contributed by atoms with Crippen LogP contribution in [0.2, 0.25) is 5.02 Å². The van der Waals surface area contributed by atoms with E-state index in [4.69, 9.17) is 11.6 Å².